The lowest BCUT2D eigenvalue weighted by Crippen LogP contribution is -2.98. The summed E-state index contributed by atoms with van der Waals surface area (Å²) in [5.74, 6) is 1.25. The Morgan fingerprint density at radius 3 is 2.85 bits per heavy atom. The zero-order valence-electron chi connectivity index (χ0n) is 7.37. The molecule has 1 aromatic rings. The van der Waals surface area contributed by atoms with Crippen LogP contribution in [0.4, 0.5) is 5.69 Å². The standard InChI is InChI=1S/C9H11NO3/c1-10(11)7-3-2-4-8-9(7)13-6-5-12-8/h2-4,10H,5-6H2,1H3. The van der Waals surface area contributed by atoms with Crippen LogP contribution in [0, 0.1) is 5.21 Å². The van der Waals surface area contributed by atoms with Gasteiger partial charge in [0.2, 0.25) is 5.75 Å². The Labute approximate surface area is 76.3 Å². The van der Waals surface area contributed by atoms with Crippen molar-refractivity contribution in [3.63, 3.8) is 0 Å². The first kappa shape index (κ1) is 8.34. The molecular formula is C9H11NO3. The third-order valence-electron chi connectivity index (χ3n) is 1.95. The first-order valence-electron chi connectivity index (χ1n) is 4.18. The van der Waals surface area contributed by atoms with Crippen LogP contribution >= 0.6 is 0 Å². The van der Waals surface area contributed by atoms with Crippen LogP contribution in [0.2, 0.25) is 0 Å². The normalized spacial score (nSPS) is 16.8. The van der Waals surface area contributed by atoms with E-state index < -0.39 is 0 Å². The van der Waals surface area contributed by atoms with E-state index >= 15 is 0 Å². The van der Waals surface area contributed by atoms with Crippen molar-refractivity contribution < 1.29 is 14.5 Å². The van der Waals surface area contributed by atoms with Gasteiger partial charge in [0.25, 0.3) is 0 Å². The molecule has 13 heavy (non-hydrogen) atoms. The molecule has 0 aliphatic carbocycles. The van der Waals surface area contributed by atoms with E-state index in [-0.39, 0.29) is 5.06 Å². The van der Waals surface area contributed by atoms with Gasteiger partial charge in [-0.05, 0) is 6.07 Å². The third kappa shape index (κ3) is 1.46. The second-order valence-electron chi connectivity index (χ2n) is 2.89. The third-order valence-corrected chi connectivity index (χ3v) is 1.95. The Bertz CT molecular complexity index is 312. The van der Waals surface area contributed by atoms with E-state index in [1.807, 2.05) is 0 Å². The van der Waals surface area contributed by atoms with Gasteiger partial charge in [0.1, 0.15) is 13.2 Å². The summed E-state index contributed by atoms with van der Waals surface area (Å²) in [6.45, 7) is 1.06. The zero-order valence-corrected chi connectivity index (χ0v) is 7.37. The van der Waals surface area contributed by atoms with E-state index in [0.717, 1.165) is 0 Å². The Kier molecular flexibility index (Phi) is 2.08. The number of hydrogen-bond acceptors (Lipinski definition) is 3. The number of quaternary nitrogens is 1. The maximum Gasteiger partial charge on any atom is 0.223 e. The summed E-state index contributed by atoms with van der Waals surface area (Å²) in [4.78, 5) is 0. The van der Waals surface area contributed by atoms with Crippen LogP contribution in [0.5, 0.6) is 11.5 Å². The van der Waals surface area contributed by atoms with Crippen LogP contribution in [0.15, 0.2) is 18.2 Å². The number of benzene rings is 1. The highest BCUT2D eigenvalue weighted by atomic mass is 16.6. The molecular weight excluding hydrogens is 170 g/mol. The maximum atomic E-state index is 11.2. The largest absolute Gasteiger partial charge is 0.629 e. The fourth-order valence-corrected chi connectivity index (χ4v) is 1.35. The van der Waals surface area contributed by atoms with Crippen molar-refractivity contribution in [2.45, 2.75) is 0 Å². The second kappa shape index (κ2) is 3.24. The monoisotopic (exact) mass is 181 g/mol. The summed E-state index contributed by atoms with van der Waals surface area (Å²) < 4.78 is 10.7. The van der Waals surface area contributed by atoms with Gasteiger partial charge in [-0.3, -0.25) is 0 Å². The van der Waals surface area contributed by atoms with Gasteiger partial charge in [0, 0.05) is 6.07 Å². The molecule has 0 fully saturated rings. The summed E-state index contributed by atoms with van der Waals surface area (Å²) in [7, 11) is 1.52. The molecule has 0 aromatic heterocycles. The number of hydrogen-bond donors (Lipinski definition) is 1. The molecule has 4 heteroatoms. The number of rotatable bonds is 1. The van der Waals surface area contributed by atoms with Crippen LogP contribution in [-0.4, -0.2) is 20.3 Å². The average molecular weight is 181 g/mol. The minimum Gasteiger partial charge on any atom is -0.629 e. The van der Waals surface area contributed by atoms with E-state index in [4.69, 9.17) is 9.47 Å². The van der Waals surface area contributed by atoms with Crippen molar-refractivity contribution in [2.24, 2.45) is 0 Å². The molecule has 1 aliphatic rings. The Balaban J connectivity index is 2.46. The van der Waals surface area contributed by atoms with Crippen molar-refractivity contribution in [1.29, 1.82) is 0 Å². The van der Waals surface area contributed by atoms with Gasteiger partial charge in [0.15, 0.2) is 11.4 Å². The predicted octanol–water partition coefficient (Wildman–Crippen LogP) is 0.102. The summed E-state index contributed by atoms with van der Waals surface area (Å²) in [5.41, 5.74) is 0.595. The van der Waals surface area contributed by atoms with Crippen LogP contribution < -0.4 is 14.5 Å². The molecule has 1 aliphatic heterocycles. The van der Waals surface area contributed by atoms with E-state index in [2.05, 4.69) is 0 Å². The van der Waals surface area contributed by atoms with Gasteiger partial charge < -0.3 is 19.7 Å². The SMILES string of the molecule is C[NH+]([O-])c1cccc2c1OCCO2. The molecule has 0 bridgehead atoms. The fraction of sp³-hybridized carbons (Fsp3) is 0.333. The highest BCUT2D eigenvalue weighted by Gasteiger charge is 2.18. The quantitative estimate of drug-likeness (QED) is 0.625. The predicted molar refractivity (Wildman–Crippen MR) is 47.3 cm³/mol. The van der Waals surface area contributed by atoms with Crippen molar-refractivity contribution in [3.05, 3.63) is 23.4 Å². The number of hydroxylamine groups is 1. The van der Waals surface area contributed by atoms with E-state index in [1.165, 1.54) is 7.05 Å². The molecule has 0 saturated heterocycles. The van der Waals surface area contributed by atoms with E-state index in [0.29, 0.717) is 30.4 Å². The lowest BCUT2D eigenvalue weighted by Gasteiger charge is -2.23. The Morgan fingerprint density at radius 2 is 2.08 bits per heavy atom. The highest BCUT2D eigenvalue weighted by molar-refractivity contribution is 5.56. The van der Waals surface area contributed by atoms with E-state index in [9.17, 15) is 5.21 Å². The molecule has 0 radical (unpaired) electrons. The fourth-order valence-electron chi connectivity index (χ4n) is 1.35. The van der Waals surface area contributed by atoms with Crippen LogP contribution in [0.25, 0.3) is 0 Å². The number of para-hydroxylation sites is 1. The molecule has 4 nitrogen and oxygen atoms in total. The molecule has 0 spiro atoms. The summed E-state index contributed by atoms with van der Waals surface area (Å²) >= 11 is 0. The number of ether oxygens (including phenoxy) is 2. The van der Waals surface area contributed by atoms with Gasteiger partial charge in [0.05, 0.1) is 7.05 Å². The Morgan fingerprint density at radius 1 is 1.31 bits per heavy atom. The smallest absolute Gasteiger partial charge is 0.223 e. The van der Waals surface area contributed by atoms with E-state index in [1.54, 1.807) is 18.2 Å². The van der Waals surface area contributed by atoms with Gasteiger partial charge in [-0.1, -0.05) is 6.07 Å². The molecule has 70 valence electrons. The van der Waals surface area contributed by atoms with Crippen LogP contribution in [0.3, 0.4) is 0 Å². The van der Waals surface area contributed by atoms with Gasteiger partial charge in [-0.15, -0.1) is 0 Å². The van der Waals surface area contributed by atoms with Crippen molar-refractivity contribution >= 4 is 5.69 Å². The molecule has 2 rings (SSSR count). The van der Waals surface area contributed by atoms with Crippen LogP contribution in [-0.2, 0) is 0 Å². The minimum absolute atomic E-state index is 0.00218. The summed E-state index contributed by atoms with van der Waals surface area (Å²) in [5, 5.41) is 11.2. The van der Waals surface area contributed by atoms with Gasteiger partial charge in [-0.2, -0.15) is 0 Å². The topological polar surface area (TPSA) is 46.0 Å². The summed E-state index contributed by atoms with van der Waals surface area (Å²) in [6, 6.07) is 5.35. The first-order chi connectivity index (χ1) is 6.29. The van der Waals surface area contributed by atoms with Gasteiger partial charge in [-0.25, -0.2) is 0 Å². The summed E-state index contributed by atoms with van der Waals surface area (Å²) in [6.07, 6.45) is 0. The van der Waals surface area contributed by atoms with Crippen LogP contribution in [0.1, 0.15) is 0 Å². The average Bonchev–Trinajstić information content (AvgIpc) is 2.17. The van der Waals surface area contributed by atoms with Crippen molar-refractivity contribution in [3.8, 4) is 11.5 Å². The van der Waals surface area contributed by atoms with Crippen molar-refractivity contribution in [2.75, 3.05) is 20.3 Å². The minimum atomic E-state index is 0.00218. The molecule has 1 unspecified atom stereocenters. The number of fused-ring (bicyclic) bond motifs is 1. The van der Waals surface area contributed by atoms with Crippen molar-refractivity contribution in [1.82, 2.24) is 0 Å². The Hall–Kier alpha value is -1.26. The molecule has 1 aromatic carbocycles. The maximum absolute atomic E-state index is 11.2. The van der Waals surface area contributed by atoms with Gasteiger partial charge >= 0.3 is 0 Å². The molecule has 0 saturated carbocycles. The molecule has 1 N–H and O–H groups in total. The zero-order chi connectivity index (χ0) is 9.26. The molecule has 1 atom stereocenters. The lowest BCUT2D eigenvalue weighted by atomic mass is 10.2. The highest BCUT2D eigenvalue weighted by Crippen LogP contribution is 2.34. The second-order valence-corrected chi connectivity index (χ2v) is 2.89. The molecule has 0 amide bonds. The molecule has 1 heterocycles. The first-order valence-corrected chi connectivity index (χ1v) is 4.18. The number of nitrogens with one attached hydrogen (secondary N) is 1. The lowest BCUT2D eigenvalue weighted by molar-refractivity contribution is -0.751.